The molecule has 2 atom stereocenters. The lowest BCUT2D eigenvalue weighted by atomic mass is 9.90. The van der Waals surface area contributed by atoms with Gasteiger partial charge in [0.1, 0.15) is 23.6 Å². The van der Waals surface area contributed by atoms with Crippen molar-refractivity contribution in [2.75, 3.05) is 0 Å². The molecule has 0 saturated carbocycles. The van der Waals surface area contributed by atoms with E-state index in [0.717, 1.165) is 0 Å². The number of carboxylic acids is 2. The van der Waals surface area contributed by atoms with Crippen LogP contribution in [0.3, 0.4) is 0 Å². The Morgan fingerprint density at radius 3 is 1.30 bits per heavy atom. The van der Waals surface area contributed by atoms with Crippen LogP contribution in [0.5, 0.6) is 11.5 Å². The maximum atomic E-state index is 13.3. The summed E-state index contributed by atoms with van der Waals surface area (Å²) in [6, 6.07) is 14.6. The highest BCUT2D eigenvalue weighted by Crippen LogP contribution is 2.39. The predicted octanol–water partition coefficient (Wildman–Crippen LogP) is 4.67. The maximum Gasteiger partial charge on any atom is 0.326 e. The second-order valence-corrected chi connectivity index (χ2v) is 11.2. The molecular formula is C33H34N2O8. The summed E-state index contributed by atoms with van der Waals surface area (Å²) in [4.78, 5) is 50.0. The molecule has 4 aromatic carbocycles. The van der Waals surface area contributed by atoms with Gasteiger partial charge >= 0.3 is 11.9 Å². The molecule has 0 unspecified atom stereocenters. The second-order valence-electron chi connectivity index (χ2n) is 11.2. The van der Waals surface area contributed by atoms with Crippen LogP contribution < -0.4 is 10.6 Å². The van der Waals surface area contributed by atoms with Crippen molar-refractivity contribution in [2.45, 2.75) is 46.2 Å². The Morgan fingerprint density at radius 2 is 0.977 bits per heavy atom. The molecular weight excluding hydrogens is 552 g/mol. The molecule has 4 rings (SSSR count). The van der Waals surface area contributed by atoms with Crippen LogP contribution in [0.25, 0.3) is 21.5 Å². The van der Waals surface area contributed by atoms with Gasteiger partial charge in [0.25, 0.3) is 11.8 Å². The van der Waals surface area contributed by atoms with Gasteiger partial charge in [-0.25, -0.2) is 9.59 Å². The summed E-state index contributed by atoms with van der Waals surface area (Å²) >= 11 is 0. The average Bonchev–Trinajstić information content (AvgIpc) is 2.95. The minimum atomic E-state index is -1.21. The van der Waals surface area contributed by atoms with Crippen LogP contribution in [0.2, 0.25) is 0 Å². The Bertz CT molecular complexity index is 1620. The highest BCUT2D eigenvalue weighted by molar-refractivity contribution is 6.06. The number of carbonyl (C=O) groups excluding carboxylic acids is 2. The summed E-state index contributed by atoms with van der Waals surface area (Å²) < 4.78 is 0. The van der Waals surface area contributed by atoms with Crippen LogP contribution in [-0.4, -0.2) is 56.3 Å². The number of carboxylic acid groups (broad SMARTS) is 2. The summed E-state index contributed by atoms with van der Waals surface area (Å²) in [5.74, 6) is -5.60. The normalized spacial score (nSPS) is 12.8. The summed E-state index contributed by atoms with van der Waals surface area (Å²) in [5, 5.41) is 49.4. The topological polar surface area (TPSA) is 173 Å². The van der Waals surface area contributed by atoms with E-state index < -0.39 is 59.2 Å². The van der Waals surface area contributed by atoms with Crippen molar-refractivity contribution in [3.8, 4) is 11.5 Å². The third kappa shape index (κ3) is 6.23. The molecule has 10 nitrogen and oxygen atoms in total. The lowest BCUT2D eigenvalue weighted by Gasteiger charge is -2.21. The number of aromatic hydroxyl groups is 2. The van der Waals surface area contributed by atoms with Crippen molar-refractivity contribution in [1.29, 1.82) is 0 Å². The first kappa shape index (κ1) is 30.8. The van der Waals surface area contributed by atoms with Gasteiger partial charge in [-0.15, -0.1) is 0 Å². The average molecular weight is 587 g/mol. The van der Waals surface area contributed by atoms with Gasteiger partial charge in [-0.3, -0.25) is 9.59 Å². The van der Waals surface area contributed by atoms with Crippen molar-refractivity contribution in [1.82, 2.24) is 10.6 Å². The fourth-order valence-corrected chi connectivity index (χ4v) is 5.17. The smallest absolute Gasteiger partial charge is 0.326 e. The van der Waals surface area contributed by atoms with E-state index in [1.165, 1.54) is 12.1 Å². The number of rotatable bonds is 10. The first-order valence-electron chi connectivity index (χ1n) is 13.9. The van der Waals surface area contributed by atoms with E-state index in [1.807, 2.05) is 0 Å². The zero-order valence-electron chi connectivity index (χ0n) is 24.2. The molecule has 10 heteroatoms. The summed E-state index contributed by atoms with van der Waals surface area (Å²) in [7, 11) is 0. The molecule has 0 aromatic heterocycles. The van der Waals surface area contributed by atoms with Crippen LogP contribution in [0.4, 0.5) is 0 Å². The molecule has 224 valence electrons. The second kappa shape index (κ2) is 12.4. The highest BCUT2D eigenvalue weighted by atomic mass is 16.4. The summed E-state index contributed by atoms with van der Waals surface area (Å²) in [6.45, 7) is 6.62. The largest absolute Gasteiger partial charge is 0.507 e. The van der Waals surface area contributed by atoms with Crippen LogP contribution >= 0.6 is 0 Å². The Morgan fingerprint density at radius 1 is 0.628 bits per heavy atom. The molecule has 0 aliphatic heterocycles. The standard InChI is InChI=1S/C33H34N2O8/c1-16(2)26(32(40)41)34-30(38)24-13-18-9-5-7-11-20(18)22(28(24)36)15-23-21-12-8-6-10-19(21)14-25(29(23)37)31(39)35-27(17(3)4)33(42)43/h5-14,16-17,26-27,36-37H,15H2,1-4H3,(H,34,38)(H,35,39)(H,40,41)(H,42,43)/t26-,27-/m0/s1. The van der Waals surface area contributed by atoms with Gasteiger partial charge in [-0.1, -0.05) is 76.2 Å². The minimum Gasteiger partial charge on any atom is -0.507 e. The number of carbonyl (C=O) groups is 4. The van der Waals surface area contributed by atoms with Gasteiger partial charge in [0.2, 0.25) is 0 Å². The summed E-state index contributed by atoms with van der Waals surface area (Å²) in [6.07, 6.45) is -0.111. The van der Waals surface area contributed by atoms with Crippen LogP contribution in [-0.2, 0) is 16.0 Å². The molecule has 0 bridgehead atoms. The zero-order chi connectivity index (χ0) is 31.6. The maximum absolute atomic E-state index is 13.3. The minimum absolute atomic E-state index is 0.111. The monoisotopic (exact) mass is 586 g/mol. The summed E-state index contributed by atoms with van der Waals surface area (Å²) in [5.41, 5.74) is 0.283. The molecule has 0 radical (unpaired) electrons. The lowest BCUT2D eigenvalue weighted by molar-refractivity contribution is -0.141. The third-order valence-electron chi connectivity index (χ3n) is 7.53. The molecule has 0 saturated heterocycles. The van der Waals surface area contributed by atoms with Gasteiger partial charge in [-0.2, -0.15) is 0 Å². The van der Waals surface area contributed by atoms with Crippen molar-refractivity contribution in [3.05, 3.63) is 82.9 Å². The first-order valence-corrected chi connectivity index (χ1v) is 13.9. The predicted molar refractivity (Wildman–Crippen MR) is 161 cm³/mol. The quantitative estimate of drug-likeness (QED) is 0.155. The molecule has 0 aliphatic rings. The van der Waals surface area contributed by atoms with E-state index in [9.17, 15) is 39.6 Å². The number of phenols is 2. The molecule has 0 fully saturated rings. The Balaban J connectivity index is 1.88. The fourth-order valence-electron chi connectivity index (χ4n) is 5.17. The molecule has 2 amide bonds. The van der Waals surface area contributed by atoms with E-state index in [0.29, 0.717) is 21.5 Å². The van der Waals surface area contributed by atoms with Crippen molar-refractivity contribution < 1.29 is 39.6 Å². The van der Waals surface area contributed by atoms with E-state index in [4.69, 9.17) is 0 Å². The number of phenolic OH excluding ortho intramolecular Hbond substituents is 2. The van der Waals surface area contributed by atoms with E-state index in [2.05, 4.69) is 10.6 Å². The number of nitrogens with one attached hydrogen (secondary N) is 2. The Hall–Kier alpha value is -5.12. The van der Waals surface area contributed by atoms with Crippen LogP contribution in [0.15, 0.2) is 60.7 Å². The van der Waals surface area contributed by atoms with Crippen molar-refractivity contribution in [3.63, 3.8) is 0 Å². The van der Waals surface area contributed by atoms with Gasteiger partial charge in [-0.05, 0) is 45.5 Å². The molecule has 4 aromatic rings. The molecule has 43 heavy (non-hydrogen) atoms. The van der Waals surface area contributed by atoms with Crippen LogP contribution in [0, 0.1) is 11.8 Å². The van der Waals surface area contributed by atoms with E-state index in [-0.39, 0.29) is 28.7 Å². The van der Waals surface area contributed by atoms with Crippen LogP contribution in [0.1, 0.15) is 59.5 Å². The van der Waals surface area contributed by atoms with E-state index >= 15 is 0 Å². The number of fused-ring (bicyclic) bond motifs is 2. The third-order valence-corrected chi connectivity index (χ3v) is 7.53. The van der Waals surface area contributed by atoms with Gasteiger partial charge in [0, 0.05) is 17.5 Å². The first-order chi connectivity index (χ1) is 20.3. The van der Waals surface area contributed by atoms with Gasteiger partial charge < -0.3 is 31.1 Å². The molecule has 6 N–H and O–H groups in total. The van der Waals surface area contributed by atoms with Crippen molar-refractivity contribution in [2.24, 2.45) is 11.8 Å². The fraction of sp³-hybridized carbons (Fsp3) is 0.273. The lowest BCUT2D eigenvalue weighted by Crippen LogP contribution is -2.44. The number of aliphatic carboxylic acids is 2. The van der Waals surface area contributed by atoms with Gasteiger partial charge in [0.05, 0.1) is 11.1 Å². The zero-order valence-corrected chi connectivity index (χ0v) is 24.2. The number of amides is 2. The Labute approximate surface area is 248 Å². The van der Waals surface area contributed by atoms with Gasteiger partial charge in [0.15, 0.2) is 0 Å². The highest BCUT2D eigenvalue weighted by Gasteiger charge is 2.29. The SMILES string of the molecule is CC(C)[C@H](NC(=O)c1cc2ccccc2c(Cc2c(O)c(C(=O)N[C@H](C(=O)O)C(C)C)cc3ccccc23)c1O)C(=O)O. The number of benzene rings is 4. The number of hydrogen-bond donors (Lipinski definition) is 6. The van der Waals surface area contributed by atoms with E-state index in [1.54, 1.807) is 76.2 Å². The van der Waals surface area contributed by atoms with Crippen molar-refractivity contribution >= 4 is 45.3 Å². The molecule has 0 heterocycles. The molecule has 0 spiro atoms. The Kier molecular flexibility index (Phi) is 8.89. The molecule has 0 aliphatic carbocycles. The number of hydrogen-bond acceptors (Lipinski definition) is 6.